The zero-order chi connectivity index (χ0) is 14.7. The first kappa shape index (κ1) is 17.5. The molecule has 3 unspecified atom stereocenters. The van der Waals surface area contributed by atoms with Gasteiger partial charge in [0.1, 0.15) is 0 Å². The van der Waals surface area contributed by atoms with Crippen LogP contribution in [0, 0.1) is 51.2 Å². The largest absolute Gasteiger partial charge is 0.198 e. The Morgan fingerprint density at radius 1 is 0.842 bits per heavy atom. The Labute approximate surface area is 117 Å². The molecule has 0 aromatic heterocycles. The molecule has 3 heteroatoms. The van der Waals surface area contributed by atoms with E-state index < -0.39 is 0 Å². The van der Waals surface area contributed by atoms with Crippen molar-refractivity contribution in [2.24, 2.45) is 17.3 Å². The normalized spacial score (nSPS) is 16.4. The van der Waals surface area contributed by atoms with Crippen LogP contribution in [0.2, 0.25) is 0 Å². The molecule has 104 valence electrons. The molecule has 0 saturated heterocycles. The Balaban J connectivity index is 3.94. The van der Waals surface area contributed by atoms with Gasteiger partial charge in [-0.3, -0.25) is 0 Å². The van der Waals surface area contributed by atoms with Crippen LogP contribution in [-0.2, 0) is 0 Å². The second kappa shape index (κ2) is 9.41. The van der Waals surface area contributed by atoms with Crippen molar-refractivity contribution in [1.29, 1.82) is 15.8 Å². The summed E-state index contributed by atoms with van der Waals surface area (Å²) < 4.78 is 0. The van der Waals surface area contributed by atoms with Crippen LogP contribution in [-0.4, -0.2) is 0 Å². The van der Waals surface area contributed by atoms with Crippen LogP contribution >= 0.6 is 0 Å². The van der Waals surface area contributed by atoms with Crippen molar-refractivity contribution >= 4 is 0 Å². The molecule has 0 aromatic carbocycles. The first-order chi connectivity index (χ1) is 8.97. The number of unbranched alkanes of at least 4 members (excludes halogenated alkanes) is 1. The van der Waals surface area contributed by atoms with Gasteiger partial charge < -0.3 is 0 Å². The maximum absolute atomic E-state index is 9.30. The molecule has 0 saturated carbocycles. The van der Waals surface area contributed by atoms with E-state index >= 15 is 0 Å². The van der Waals surface area contributed by atoms with Crippen LogP contribution in [0.1, 0.15) is 65.7 Å². The average molecular weight is 259 g/mol. The van der Waals surface area contributed by atoms with Crippen molar-refractivity contribution < 1.29 is 0 Å². The predicted molar refractivity (Wildman–Crippen MR) is 75.6 cm³/mol. The van der Waals surface area contributed by atoms with Crippen molar-refractivity contribution in [3.05, 3.63) is 0 Å². The molecule has 0 heterocycles. The molecule has 0 aliphatic carbocycles. The van der Waals surface area contributed by atoms with Gasteiger partial charge in [-0.15, -0.1) is 0 Å². The predicted octanol–water partition coefficient (Wildman–Crippen LogP) is 4.57. The highest BCUT2D eigenvalue weighted by Crippen LogP contribution is 2.30. The summed E-state index contributed by atoms with van der Waals surface area (Å²) in [6.07, 6.45) is 6.51. The van der Waals surface area contributed by atoms with E-state index in [4.69, 9.17) is 10.5 Å². The Bertz CT molecular complexity index is 369. The summed E-state index contributed by atoms with van der Waals surface area (Å²) >= 11 is 0. The van der Waals surface area contributed by atoms with E-state index in [9.17, 15) is 5.26 Å². The van der Waals surface area contributed by atoms with Crippen molar-refractivity contribution in [3.63, 3.8) is 0 Å². The van der Waals surface area contributed by atoms with Crippen LogP contribution in [0.25, 0.3) is 0 Å². The summed E-state index contributed by atoms with van der Waals surface area (Å²) in [7, 11) is 0. The van der Waals surface area contributed by atoms with E-state index in [1.54, 1.807) is 0 Å². The van der Waals surface area contributed by atoms with Crippen LogP contribution in [0.4, 0.5) is 0 Å². The fourth-order valence-corrected chi connectivity index (χ4v) is 2.13. The van der Waals surface area contributed by atoms with E-state index in [-0.39, 0.29) is 17.3 Å². The maximum atomic E-state index is 9.30. The molecule has 0 aliphatic heterocycles. The molecule has 3 atom stereocenters. The second-order valence-corrected chi connectivity index (χ2v) is 5.87. The number of hydrogen-bond acceptors (Lipinski definition) is 3. The molecule has 19 heavy (non-hydrogen) atoms. The van der Waals surface area contributed by atoms with Gasteiger partial charge in [0, 0.05) is 11.8 Å². The summed E-state index contributed by atoms with van der Waals surface area (Å²) in [6.45, 7) is 5.87. The zero-order valence-electron chi connectivity index (χ0n) is 12.4. The summed E-state index contributed by atoms with van der Waals surface area (Å²) in [4.78, 5) is 0. The molecule has 0 spiro atoms. The smallest absolute Gasteiger partial charge is 0.0686 e. The summed E-state index contributed by atoms with van der Waals surface area (Å²) in [6, 6.07) is 6.89. The second-order valence-electron chi connectivity index (χ2n) is 5.87. The molecule has 0 radical (unpaired) electrons. The Kier molecular flexibility index (Phi) is 8.65. The first-order valence-corrected chi connectivity index (χ1v) is 7.18. The van der Waals surface area contributed by atoms with Gasteiger partial charge in [-0.05, 0) is 46.5 Å². The van der Waals surface area contributed by atoms with Crippen molar-refractivity contribution in [3.8, 4) is 18.2 Å². The maximum Gasteiger partial charge on any atom is 0.0686 e. The third kappa shape index (κ3) is 8.23. The van der Waals surface area contributed by atoms with Gasteiger partial charge in [-0.1, -0.05) is 19.3 Å². The monoisotopic (exact) mass is 259 g/mol. The summed E-state index contributed by atoms with van der Waals surface area (Å²) in [5.41, 5.74) is -0.273. The minimum Gasteiger partial charge on any atom is -0.198 e. The van der Waals surface area contributed by atoms with Gasteiger partial charge in [-0.2, -0.15) is 15.8 Å². The van der Waals surface area contributed by atoms with Crippen LogP contribution < -0.4 is 0 Å². The van der Waals surface area contributed by atoms with Crippen LogP contribution in [0.3, 0.4) is 0 Å². The van der Waals surface area contributed by atoms with E-state index in [1.807, 2.05) is 20.8 Å². The van der Waals surface area contributed by atoms with E-state index in [0.717, 1.165) is 44.9 Å². The summed E-state index contributed by atoms with van der Waals surface area (Å²) in [5.74, 6) is 0.198. The molecule has 0 fully saturated rings. The minimum atomic E-state index is -0.273. The Morgan fingerprint density at radius 2 is 1.32 bits per heavy atom. The fraction of sp³-hybridized carbons (Fsp3) is 0.812. The molecular weight excluding hydrogens is 234 g/mol. The third-order valence-electron chi connectivity index (χ3n) is 3.69. The lowest BCUT2D eigenvalue weighted by Gasteiger charge is -2.21. The molecule has 0 N–H and O–H groups in total. The molecule has 0 rings (SSSR count). The Hall–Kier alpha value is -1.53. The van der Waals surface area contributed by atoms with E-state index in [1.165, 1.54) is 0 Å². The van der Waals surface area contributed by atoms with Gasteiger partial charge in [0.15, 0.2) is 0 Å². The number of rotatable bonds is 9. The van der Waals surface area contributed by atoms with Crippen molar-refractivity contribution in [2.45, 2.75) is 65.7 Å². The standard InChI is InChI=1S/C16H25N3/c1-14(11-17)7-4-5-9-16(3,13-19)10-6-8-15(2)12-18/h14-15H,4-10H2,1-3H3. The van der Waals surface area contributed by atoms with Crippen molar-refractivity contribution in [1.82, 2.24) is 0 Å². The van der Waals surface area contributed by atoms with Gasteiger partial charge in [0.2, 0.25) is 0 Å². The number of nitrogens with zero attached hydrogens (tertiary/aromatic N) is 3. The lowest BCUT2D eigenvalue weighted by Crippen LogP contribution is -2.14. The minimum absolute atomic E-state index is 0.0828. The first-order valence-electron chi connectivity index (χ1n) is 7.18. The molecule has 0 aromatic rings. The quantitative estimate of drug-likeness (QED) is 0.569. The third-order valence-corrected chi connectivity index (χ3v) is 3.69. The number of nitriles is 3. The molecular formula is C16H25N3. The van der Waals surface area contributed by atoms with Crippen LogP contribution in [0.15, 0.2) is 0 Å². The Morgan fingerprint density at radius 3 is 1.79 bits per heavy atom. The van der Waals surface area contributed by atoms with Gasteiger partial charge >= 0.3 is 0 Å². The molecule has 0 bridgehead atoms. The lowest BCUT2D eigenvalue weighted by molar-refractivity contribution is 0.334. The SMILES string of the molecule is CC(C#N)CCCCC(C)(C#N)CCCC(C)C#N. The molecule has 3 nitrogen and oxygen atoms in total. The van der Waals surface area contributed by atoms with E-state index in [2.05, 4.69) is 18.2 Å². The molecule has 0 aliphatic rings. The number of hydrogen-bond donors (Lipinski definition) is 0. The highest BCUT2D eigenvalue weighted by atomic mass is 14.3. The van der Waals surface area contributed by atoms with Crippen molar-refractivity contribution in [2.75, 3.05) is 0 Å². The highest BCUT2D eigenvalue weighted by molar-refractivity contribution is 4.95. The topological polar surface area (TPSA) is 71.4 Å². The zero-order valence-corrected chi connectivity index (χ0v) is 12.4. The highest BCUT2D eigenvalue weighted by Gasteiger charge is 2.23. The van der Waals surface area contributed by atoms with Gasteiger partial charge in [-0.25, -0.2) is 0 Å². The van der Waals surface area contributed by atoms with Gasteiger partial charge in [0.25, 0.3) is 0 Å². The summed E-state index contributed by atoms with van der Waals surface area (Å²) in [5, 5.41) is 26.7. The van der Waals surface area contributed by atoms with E-state index in [0.29, 0.717) is 0 Å². The van der Waals surface area contributed by atoms with Crippen LogP contribution in [0.5, 0.6) is 0 Å². The average Bonchev–Trinajstić information content (AvgIpc) is 2.43. The van der Waals surface area contributed by atoms with Gasteiger partial charge in [0.05, 0.1) is 23.6 Å². The lowest BCUT2D eigenvalue weighted by atomic mass is 9.80. The molecule has 0 amide bonds. The fourth-order valence-electron chi connectivity index (χ4n) is 2.13.